The molecule has 4 nitrogen and oxygen atoms in total. The Hall–Kier alpha value is -1.03. The average molecular weight is 126 g/mol. The van der Waals surface area contributed by atoms with E-state index in [4.69, 9.17) is 10.5 Å². The fourth-order valence-corrected chi connectivity index (χ4v) is 0.558. The summed E-state index contributed by atoms with van der Waals surface area (Å²) in [7, 11) is 1.57. The van der Waals surface area contributed by atoms with Crippen molar-refractivity contribution in [3.63, 3.8) is 0 Å². The van der Waals surface area contributed by atoms with Gasteiger partial charge in [-0.05, 0) is 0 Å². The number of hydrogen-bond acceptors (Lipinski definition) is 2. The lowest BCUT2D eigenvalue weighted by molar-refractivity contribution is 0.122. The van der Waals surface area contributed by atoms with Gasteiger partial charge in [-0.1, -0.05) is 0 Å². The lowest BCUT2D eigenvalue weighted by atomic mass is 10.7. The van der Waals surface area contributed by atoms with Gasteiger partial charge in [0.15, 0.2) is 0 Å². The van der Waals surface area contributed by atoms with Crippen LogP contribution in [0.4, 0.5) is 5.82 Å². The summed E-state index contributed by atoms with van der Waals surface area (Å²) in [5.41, 5.74) is 7.17. The number of rotatable bonds is 2. The van der Waals surface area contributed by atoms with Gasteiger partial charge in [-0.25, -0.2) is 4.68 Å². The summed E-state index contributed by atoms with van der Waals surface area (Å²) >= 11 is 0. The van der Waals surface area contributed by atoms with Crippen LogP contribution in [-0.4, -0.2) is 16.9 Å². The summed E-state index contributed by atoms with van der Waals surface area (Å²) in [6.45, 7) is 0.353. The fourth-order valence-electron chi connectivity index (χ4n) is 0.558. The molecule has 0 saturated heterocycles. The summed E-state index contributed by atoms with van der Waals surface area (Å²) in [6.07, 6.45) is 1.57. The molecule has 1 heterocycles. The molecule has 4 heteroatoms. The van der Waals surface area contributed by atoms with E-state index in [2.05, 4.69) is 5.10 Å². The second-order valence-electron chi connectivity index (χ2n) is 1.63. The Labute approximate surface area is 53.2 Å². The fraction of sp³-hybridized carbons (Fsp3) is 0.400. The van der Waals surface area contributed by atoms with Gasteiger partial charge in [0.05, 0.1) is 6.20 Å². The zero-order valence-corrected chi connectivity index (χ0v) is 5.16. The van der Waals surface area contributed by atoms with Crippen LogP contribution in [0.3, 0.4) is 0 Å². The molecule has 1 aromatic heterocycles. The highest BCUT2D eigenvalue weighted by Gasteiger charge is 1.93. The van der Waals surface area contributed by atoms with E-state index in [-0.39, 0.29) is 0 Å². The molecule has 0 bridgehead atoms. The Morgan fingerprint density at radius 3 is 3.11 bits per heavy atom. The highest BCUT2D eigenvalue weighted by atomic mass is 16.5. The van der Waals surface area contributed by atoms with Crippen LogP contribution in [0.15, 0.2) is 12.3 Å². The van der Waals surface area contributed by atoms with E-state index in [0.29, 0.717) is 12.5 Å². The van der Waals surface area contributed by atoms with Crippen LogP contribution in [-0.2, 0) is 11.5 Å². The maximum Gasteiger partial charge on any atom is 0.145 e. The standard InChI is InChI=1S/C5H8N3O/c1-9-4-8-5(6)2-3-7-8/h2-3,6H,4H2,1H3. The third-order valence-corrected chi connectivity index (χ3v) is 0.968. The van der Waals surface area contributed by atoms with Crippen molar-refractivity contribution in [2.45, 2.75) is 6.73 Å². The zero-order valence-electron chi connectivity index (χ0n) is 5.16. The number of ether oxygens (including phenoxy) is 1. The molecular weight excluding hydrogens is 118 g/mol. The van der Waals surface area contributed by atoms with E-state index >= 15 is 0 Å². The number of nitrogens with zero attached hydrogens (tertiary/aromatic N) is 2. The zero-order chi connectivity index (χ0) is 6.69. The highest BCUT2D eigenvalue weighted by molar-refractivity contribution is 5.20. The van der Waals surface area contributed by atoms with Gasteiger partial charge in [-0.2, -0.15) is 5.10 Å². The number of methoxy groups -OCH3 is 1. The maximum atomic E-state index is 7.17. The predicted octanol–water partition coefficient (Wildman–Crippen LogP) is 0.401. The Morgan fingerprint density at radius 2 is 2.67 bits per heavy atom. The smallest absolute Gasteiger partial charge is 0.145 e. The Morgan fingerprint density at radius 1 is 1.89 bits per heavy atom. The highest BCUT2D eigenvalue weighted by Crippen LogP contribution is 2.00. The van der Waals surface area contributed by atoms with Gasteiger partial charge < -0.3 is 4.74 Å². The van der Waals surface area contributed by atoms with Crippen molar-refractivity contribution >= 4 is 5.82 Å². The van der Waals surface area contributed by atoms with Crippen LogP contribution in [0.2, 0.25) is 0 Å². The van der Waals surface area contributed by atoms with E-state index in [9.17, 15) is 0 Å². The van der Waals surface area contributed by atoms with Crippen molar-refractivity contribution in [3.05, 3.63) is 12.3 Å². The summed E-state index contributed by atoms with van der Waals surface area (Å²) in [5.74, 6) is 0.372. The number of nitrogens with one attached hydrogen (secondary N) is 1. The minimum atomic E-state index is 0.353. The predicted molar refractivity (Wildman–Crippen MR) is 32.0 cm³/mol. The topological polar surface area (TPSA) is 50.9 Å². The molecule has 1 N–H and O–H groups in total. The van der Waals surface area contributed by atoms with Crippen LogP contribution in [0.25, 0.3) is 0 Å². The second-order valence-corrected chi connectivity index (χ2v) is 1.63. The summed E-state index contributed by atoms with van der Waals surface area (Å²) in [4.78, 5) is 0. The molecule has 0 atom stereocenters. The van der Waals surface area contributed by atoms with E-state index in [1.807, 2.05) is 0 Å². The third-order valence-electron chi connectivity index (χ3n) is 0.968. The molecule has 0 amide bonds. The first kappa shape index (κ1) is 6.10. The Balaban J connectivity index is 2.69. The lowest BCUT2D eigenvalue weighted by Crippen LogP contribution is -2.01. The normalized spacial score (nSPS) is 9.89. The third kappa shape index (κ3) is 1.20. The van der Waals surface area contributed by atoms with Gasteiger partial charge in [0.2, 0.25) is 0 Å². The number of aromatic nitrogens is 2. The van der Waals surface area contributed by atoms with E-state index in [1.54, 1.807) is 19.4 Å². The Bertz CT molecular complexity index is 184. The van der Waals surface area contributed by atoms with Crippen molar-refractivity contribution in [2.24, 2.45) is 0 Å². The largest absolute Gasteiger partial charge is 0.362 e. The number of hydrogen-bond donors (Lipinski definition) is 0. The first-order valence-corrected chi connectivity index (χ1v) is 2.57. The Kier molecular flexibility index (Phi) is 1.69. The average Bonchev–Trinajstić information content (AvgIpc) is 2.18. The quantitative estimate of drug-likeness (QED) is 0.576. The van der Waals surface area contributed by atoms with Crippen molar-refractivity contribution in [3.8, 4) is 0 Å². The molecule has 0 aliphatic rings. The summed E-state index contributed by atoms with van der Waals surface area (Å²) in [6, 6.07) is 1.61. The molecule has 0 aliphatic heterocycles. The van der Waals surface area contributed by atoms with Crippen LogP contribution >= 0.6 is 0 Å². The summed E-state index contributed by atoms with van der Waals surface area (Å²) < 4.78 is 6.21. The maximum absolute atomic E-state index is 7.17. The van der Waals surface area contributed by atoms with Gasteiger partial charge in [0.25, 0.3) is 0 Å². The molecule has 0 spiro atoms. The minimum Gasteiger partial charge on any atom is -0.362 e. The van der Waals surface area contributed by atoms with E-state index in [1.165, 1.54) is 4.68 Å². The molecule has 49 valence electrons. The molecule has 0 aliphatic carbocycles. The van der Waals surface area contributed by atoms with E-state index < -0.39 is 0 Å². The van der Waals surface area contributed by atoms with Gasteiger partial charge in [0.1, 0.15) is 12.5 Å². The molecule has 1 radical (unpaired) electrons. The molecule has 0 aromatic carbocycles. The van der Waals surface area contributed by atoms with Crippen LogP contribution < -0.4 is 5.73 Å². The molecule has 1 rings (SSSR count). The first-order valence-electron chi connectivity index (χ1n) is 2.57. The molecule has 9 heavy (non-hydrogen) atoms. The van der Waals surface area contributed by atoms with Gasteiger partial charge in [0, 0.05) is 13.2 Å². The molecule has 0 fully saturated rings. The SMILES string of the molecule is COCn1nccc1[NH]. The van der Waals surface area contributed by atoms with Crippen molar-refractivity contribution in [2.75, 3.05) is 7.11 Å². The molecule has 0 saturated carbocycles. The van der Waals surface area contributed by atoms with Crippen LogP contribution in [0, 0.1) is 0 Å². The van der Waals surface area contributed by atoms with Crippen molar-refractivity contribution in [1.29, 1.82) is 0 Å². The summed E-state index contributed by atoms with van der Waals surface area (Å²) in [5, 5.41) is 3.81. The van der Waals surface area contributed by atoms with Crippen LogP contribution in [0.5, 0.6) is 0 Å². The lowest BCUT2D eigenvalue weighted by Gasteiger charge is -1.98. The minimum absolute atomic E-state index is 0.353. The van der Waals surface area contributed by atoms with Gasteiger partial charge in [-0.15, -0.1) is 0 Å². The van der Waals surface area contributed by atoms with E-state index in [0.717, 1.165) is 0 Å². The first-order chi connectivity index (χ1) is 4.34. The second kappa shape index (κ2) is 2.50. The van der Waals surface area contributed by atoms with Gasteiger partial charge in [-0.3, -0.25) is 5.73 Å². The monoisotopic (exact) mass is 126 g/mol. The van der Waals surface area contributed by atoms with Crippen molar-refractivity contribution in [1.82, 2.24) is 15.5 Å². The van der Waals surface area contributed by atoms with Crippen LogP contribution in [0.1, 0.15) is 0 Å². The van der Waals surface area contributed by atoms with Gasteiger partial charge >= 0.3 is 0 Å². The molecular formula is C5H8N3O. The van der Waals surface area contributed by atoms with Crippen molar-refractivity contribution < 1.29 is 4.74 Å². The molecule has 0 unspecified atom stereocenters. The molecule has 1 aromatic rings.